The van der Waals surface area contributed by atoms with E-state index in [0.717, 1.165) is 27.4 Å². The lowest BCUT2D eigenvalue weighted by Crippen LogP contribution is -2.35. The van der Waals surface area contributed by atoms with Crippen molar-refractivity contribution in [3.63, 3.8) is 0 Å². The van der Waals surface area contributed by atoms with E-state index in [9.17, 15) is 9.59 Å². The first kappa shape index (κ1) is 17.3. The maximum atomic E-state index is 12.4. The molecule has 0 saturated carbocycles. The molecule has 1 atom stereocenters. The van der Waals surface area contributed by atoms with Gasteiger partial charge in [-0.1, -0.05) is 25.1 Å². The number of nitrogens with one attached hydrogen (secondary N) is 1. The second-order valence-electron chi connectivity index (χ2n) is 5.92. The van der Waals surface area contributed by atoms with Gasteiger partial charge in [-0.3, -0.25) is 9.59 Å². The number of fused-ring (bicyclic) bond motifs is 1. The highest BCUT2D eigenvalue weighted by Crippen LogP contribution is 2.24. The molecule has 0 spiro atoms. The van der Waals surface area contributed by atoms with Crippen LogP contribution in [-0.2, 0) is 11.3 Å². The van der Waals surface area contributed by atoms with E-state index >= 15 is 0 Å². The van der Waals surface area contributed by atoms with Crippen molar-refractivity contribution in [2.45, 2.75) is 39.8 Å². The van der Waals surface area contributed by atoms with E-state index in [1.165, 1.54) is 4.68 Å². The Kier molecular flexibility index (Phi) is 4.94. The van der Waals surface area contributed by atoms with Crippen LogP contribution in [0, 0.1) is 13.8 Å². The molecule has 0 aliphatic rings. The number of benzene rings is 1. The second kappa shape index (κ2) is 7.14. The minimum atomic E-state index is -0.262. The number of aryl methyl sites for hydroxylation is 2. The predicted octanol–water partition coefficient (Wildman–Crippen LogP) is 2.74. The molecule has 2 aromatic heterocycles. The Hall–Kier alpha value is -2.54. The van der Waals surface area contributed by atoms with Crippen LogP contribution >= 0.6 is 11.3 Å². The highest BCUT2D eigenvalue weighted by atomic mass is 32.1. The van der Waals surface area contributed by atoms with Gasteiger partial charge in [-0.15, -0.1) is 11.3 Å². The average molecular weight is 356 g/mol. The summed E-state index contributed by atoms with van der Waals surface area (Å²) in [6, 6.07) is 7.07. The fourth-order valence-corrected chi connectivity index (χ4v) is 3.66. The van der Waals surface area contributed by atoms with Gasteiger partial charge in [0.2, 0.25) is 5.91 Å². The van der Waals surface area contributed by atoms with Gasteiger partial charge in [0, 0.05) is 10.3 Å². The van der Waals surface area contributed by atoms with E-state index < -0.39 is 0 Å². The van der Waals surface area contributed by atoms with Crippen molar-refractivity contribution in [3.8, 4) is 0 Å². The zero-order valence-electron chi connectivity index (χ0n) is 14.4. The van der Waals surface area contributed by atoms with E-state index in [1.807, 2.05) is 32.9 Å². The summed E-state index contributed by atoms with van der Waals surface area (Å²) in [5, 5.41) is 9.28. The molecule has 25 heavy (non-hydrogen) atoms. The largest absolute Gasteiger partial charge is 0.345 e. The molecular weight excluding hydrogens is 336 g/mol. The third kappa shape index (κ3) is 3.61. The van der Waals surface area contributed by atoms with Gasteiger partial charge in [-0.25, -0.2) is 9.67 Å². The summed E-state index contributed by atoms with van der Waals surface area (Å²) in [7, 11) is 0. The van der Waals surface area contributed by atoms with Crippen molar-refractivity contribution < 1.29 is 4.79 Å². The summed E-state index contributed by atoms with van der Waals surface area (Å²) in [5.74, 6) is -0.248. The molecule has 1 aromatic carbocycles. The van der Waals surface area contributed by atoms with Gasteiger partial charge in [0.25, 0.3) is 5.56 Å². The number of aromatic nitrogens is 3. The molecule has 3 aromatic rings. The quantitative estimate of drug-likeness (QED) is 0.762. The SMILES string of the molecule is CC[C@@H](NC(=O)Cn1ncc2ccccc2c1=O)c1nc(C)c(C)s1. The number of hydrogen-bond donors (Lipinski definition) is 1. The zero-order valence-corrected chi connectivity index (χ0v) is 15.3. The highest BCUT2D eigenvalue weighted by molar-refractivity contribution is 7.11. The Morgan fingerprint density at radius 3 is 2.76 bits per heavy atom. The van der Waals surface area contributed by atoms with Crippen LogP contribution in [0.2, 0.25) is 0 Å². The molecule has 7 heteroatoms. The zero-order chi connectivity index (χ0) is 18.0. The summed E-state index contributed by atoms with van der Waals surface area (Å²) in [5.41, 5.74) is 0.724. The number of carbonyl (C=O) groups is 1. The summed E-state index contributed by atoms with van der Waals surface area (Å²) in [6.45, 7) is 5.87. The van der Waals surface area contributed by atoms with Crippen molar-refractivity contribution in [2.24, 2.45) is 0 Å². The first-order chi connectivity index (χ1) is 12.0. The molecule has 0 saturated heterocycles. The Morgan fingerprint density at radius 1 is 1.32 bits per heavy atom. The first-order valence-corrected chi connectivity index (χ1v) is 8.99. The Labute approximate surface area is 149 Å². The van der Waals surface area contributed by atoms with E-state index in [1.54, 1.807) is 29.7 Å². The van der Waals surface area contributed by atoms with Crippen LogP contribution in [0.25, 0.3) is 10.8 Å². The summed E-state index contributed by atoms with van der Waals surface area (Å²) >= 11 is 1.59. The molecule has 0 fully saturated rings. The topological polar surface area (TPSA) is 76.9 Å². The van der Waals surface area contributed by atoms with Gasteiger partial charge in [0.05, 0.1) is 23.3 Å². The standard InChI is InChI=1S/C18H20N4O2S/c1-4-15(17-20-11(2)12(3)25-17)21-16(23)10-22-18(24)14-8-6-5-7-13(14)9-19-22/h5-9,15H,4,10H2,1-3H3,(H,21,23)/t15-/m1/s1. The van der Waals surface area contributed by atoms with Crippen molar-refractivity contribution in [2.75, 3.05) is 0 Å². The van der Waals surface area contributed by atoms with Crippen molar-refractivity contribution in [1.82, 2.24) is 20.1 Å². The van der Waals surface area contributed by atoms with Gasteiger partial charge in [0.15, 0.2) is 0 Å². The molecule has 0 radical (unpaired) electrons. The summed E-state index contributed by atoms with van der Waals surface area (Å²) < 4.78 is 1.20. The van der Waals surface area contributed by atoms with Crippen molar-refractivity contribution >= 4 is 28.0 Å². The highest BCUT2D eigenvalue weighted by Gasteiger charge is 2.18. The molecular formula is C18H20N4O2S. The van der Waals surface area contributed by atoms with E-state index in [2.05, 4.69) is 15.4 Å². The lowest BCUT2D eigenvalue weighted by atomic mass is 10.2. The van der Waals surface area contributed by atoms with E-state index in [0.29, 0.717) is 5.39 Å². The maximum Gasteiger partial charge on any atom is 0.275 e. The van der Waals surface area contributed by atoms with Crippen LogP contribution in [0.3, 0.4) is 0 Å². The molecule has 0 bridgehead atoms. The molecule has 6 nitrogen and oxygen atoms in total. The normalized spacial score (nSPS) is 12.3. The maximum absolute atomic E-state index is 12.4. The van der Waals surface area contributed by atoms with Gasteiger partial charge in [-0.05, 0) is 26.3 Å². The molecule has 1 amide bonds. The molecule has 130 valence electrons. The van der Waals surface area contributed by atoms with Crippen LogP contribution < -0.4 is 10.9 Å². The number of amides is 1. The third-order valence-electron chi connectivity index (χ3n) is 4.14. The fraction of sp³-hybridized carbons (Fsp3) is 0.333. The van der Waals surface area contributed by atoms with Crippen LogP contribution in [0.4, 0.5) is 0 Å². The van der Waals surface area contributed by atoms with E-state index in [4.69, 9.17) is 0 Å². The molecule has 3 rings (SSSR count). The lowest BCUT2D eigenvalue weighted by Gasteiger charge is -2.15. The summed E-state index contributed by atoms with van der Waals surface area (Å²) in [4.78, 5) is 30.5. The van der Waals surface area contributed by atoms with Gasteiger partial charge in [-0.2, -0.15) is 5.10 Å². The summed E-state index contributed by atoms with van der Waals surface area (Å²) in [6.07, 6.45) is 2.34. The molecule has 1 N–H and O–H groups in total. The molecule has 0 aliphatic heterocycles. The van der Waals surface area contributed by atoms with Gasteiger partial charge >= 0.3 is 0 Å². The van der Waals surface area contributed by atoms with Gasteiger partial charge in [0.1, 0.15) is 11.6 Å². The first-order valence-electron chi connectivity index (χ1n) is 8.17. The molecule has 0 unspecified atom stereocenters. The van der Waals surface area contributed by atoms with Crippen LogP contribution in [0.1, 0.15) is 35.0 Å². The van der Waals surface area contributed by atoms with E-state index in [-0.39, 0.29) is 24.1 Å². The van der Waals surface area contributed by atoms with Gasteiger partial charge < -0.3 is 5.32 Å². The smallest absolute Gasteiger partial charge is 0.275 e. The monoisotopic (exact) mass is 356 g/mol. The van der Waals surface area contributed by atoms with Crippen molar-refractivity contribution in [3.05, 3.63) is 56.4 Å². The van der Waals surface area contributed by atoms with Crippen molar-refractivity contribution in [1.29, 1.82) is 0 Å². The minimum Gasteiger partial charge on any atom is -0.345 e. The minimum absolute atomic E-state index is 0.108. The predicted molar refractivity (Wildman–Crippen MR) is 98.8 cm³/mol. The number of carbonyl (C=O) groups excluding carboxylic acids is 1. The number of rotatable bonds is 5. The average Bonchev–Trinajstić information content (AvgIpc) is 2.94. The molecule has 0 aliphatic carbocycles. The van der Waals surface area contributed by atoms with Crippen LogP contribution in [-0.4, -0.2) is 20.7 Å². The Bertz CT molecular complexity index is 957. The fourth-order valence-electron chi connectivity index (χ4n) is 2.60. The second-order valence-corrected chi connectivity index (χ2v) is 7.15. The van der Waals surface area contributed by atoms with Crippen LogP contribution in [0.5, 0.6) is 0 Å². The lowest BCUT2D eigenvalue weighted by molar-refractivity contribution is -0.122. The number of hydrogen-bond acceptors (Lipinski definition) is 5. The molecule has 2 heterocycles. The number of thiazole rings is 1. The van der Waals surface area contributed by atoms with Crippen LogP contribution in [0.15, 0.2) is 35.3 Å². The number of nitrogens with zero attached hydrogens (tertiary/aromatic N) is 3. The third-order valence-corrected chi connectivity index (χ3v) is 5.33. The Balaban J connectivity index is 1.78. The Morgan fingerprint density at radius 2 is 2.08 bits per heavy atom.